The maximum Gasteiger partial charge on any atom is 0.224 e. The fourth-order valence-electron chi connectivity index (χ4n) is 0.966. The smallest absolute Gasteiger partial charge is 0.224 e. The van der Waals surface area contributed by atoms with Gasteiger partial charge in [0.25, 0.3) is 0 Å². The van der Waals surface area contributed by atoms with Crippen LogP contribution < -0.4 is 5.73 Å². The molecule has 4 nitrogen and oxygen atoms in total. The van der Waals surface area contributed by atoms with Crippen LogP contribution in [0.25, 0.3) is 10.9 Å². The molecule has 0 unspecified atom stereocenters. The summed E-state index contributed by atoms with van der Waals surface area (Å²) in [5.41, 5.74) is 6.29. The molecule has 2 aromatic heterocycles. The maximum absolute atomic E-state index is 5.60. The predicted molar refractivity (Wildman–Crippen MR) is 46.8 cm³/mol. The first-order valence-corrected chi connectivity index (χ1v) is 3.68. The molecule has 2 heterocycles. The summed E-state index contributed by atoms with van der Waals surface area (Å²) in [6, 6.07) is 1.74. The van der Waals surface area contributed by atoms with E-state index in [1.807, 2.05) is 0 Å². The second-order valence-corrected chi connectivity index (χ2v) is 2.61. The highest BCUT2D eigenvalue weighted by Gasteiger charge is 2.01. The Hall–Kier alpha value is -1.42. The molecule has 5 heteroatoms. The average Bonchev–Trinajstić information content (AvgIpc) is 2.04. The first-order chi connectivity index (χ1) is 5.77. The molecule has 0 aliphatic heterocycles. The minimum Gasteiger partial charge on any atom is -0.383 e. The van der Waals surface area contributed by atoms with Crippen molar-refractivity contribution in [2.45, 2.75) is 0 Å². The topological polar surface area (TPSA) is 64.7 Å². The third-order valence-electron chi connectivity index (χ3n) is 1.50. The quantitative estimate of drug-likeness (QED) is 0.620. The zero-order chi connectivity index (χ0) is 8.55. The van der Waals surface area contributed by atoms with Crippen molar-refractivity contribution in [3.8, 4) is 0 Å². The van der Waals surface area contributed by atoms with Crippen molar-refractivity contribution in [1.82, 2.24) is 15.0 Å². The number of pyridine rings is 1. The highest BCUT2D eigenvalue weighted by Crippen LogP contribution is 2.17. The molecule has 0 fully saturated rings. The molecule has 12 heavy (non-hydrogen) atoms. The maximum atomic E-state index is 5.60. The van der Waals surface area contributed by atoms with E-state index in [0.29, 0.717) is 11.3 Å². The molecule has 0 saturated heterocycles. The molecule has 0 aliphatic carbocycles. The highest BCUT2D eigenvalue weighted by atomic mass is 35.5. The zero-order valence-electron chi connectivity index (χ0n) is 6.03. The van der Waals surface area contributed by atoms with Gasteiger partial charge >= 0.3 is 0 Å². The molecule has 2 rings (SSSR count). The Balaban J connectivity index is 2.89. The molecule has 0 saturated carbocycles. The van der Waals surface area contributed by atoms with Gasteiger partial charge in [-0.3, -0.25) is 4.98 Å². The molecule has 2 aromatic rings. The Morgan fingerprint density at radius 3 is 3.00 bits per heavy atom. The molecular formula is C7H5ClN4. The molecule has 0 radical (unpaired) electrons. The van der Waals surface area contributed by atoms with Crippen LogP contribution in [-0.4, -0.2) is 15.0 Å². The van der Waals surface area contributed by atoms with Crippen LogP contribution in [-0.2, 0) is 0 Å². The lowest BCUT2D eigenvalue weighted by Crippen LogP contribution is -1.94. The van der Waals surface area contributed by atoms with Gasteiger partial charge in [-0.05, 0) is 17.7 Å². The summed E-state index contributed by atoms with van der Waals surface area (Å²) >= 11 is 5.60. The minimum atomic E-state index is 0.159. The average molecular weight is 181 g/mol. The minimum absolute atomic E-state index is 0.159. The lowest BCUT2D eigenvalue weighted by Gasteiger charge is -1.98. The summed E-state index contributed by atoms with van der Waals surface area (Å²) < 4.78 is 0. The third-order valence-corrected chi connectivity index (χ3v) is 1.67. The Bertz CT molecular complexity index is 429. The number of hydrogen-bond donors (Lipinski definition) is 1. The second kappa shape index (κ2) is 2.57. The molecule has 2 N–H and O–H groups in total. The number of aromatic nitrogens is 3. The van der Waals surface area contributed by atoms with Crippen LogP contribution in [0.3, 0.4) is 0 Å². The van der Waals surface area contributed by atoms with E-state index in [9.17, 15) is 0 Å². The van der Waals surface area contributed by atoms with Crippen molar-refractivity contribution >= 4 is 28.3 Å². The highest BCUT2D eigenvalue weighted by molar-refractivity contribution is 6.28. The Morgan fingerprint density at radius 2 is 2.17 bits per heavy atom. The van der Waals surface area contributed by atoms with Gasteiger partial charge in [0.2, 0.25) is 5.28 Å². The Morgan fingerprint density at radius 1 is 1.33 bits per heavy atom. The van der Waals surface area contributed by atoms with Crippen molar-refractivity contribution in [1.29, 1.82) is 0 Å². The molecule has 0 amide bonds. The number of halogens is 1. The van der Waals surface area contributed by atoms with Crippen LogP contribution in [0.15, 0.2) is 18.5 Å². The Labute approximate surface area is 73.4 Å². The molecule has 0 spiro atoms. The summed E-state index contributed by atoms with van der Waals surface area (Å²) in [5, 5.41) is 0.883. The van der Waals surface area contributed by atoms with Gasteiger partial charge in [-0.25, -0.2) is 9.97 Å². The fraction of sp³-hybridized carbons (Fsp3) is 0. The lowest BCUT2D eigenvalue weighted by molar-refractivity contribution is 1.21. The van der Waals surface area contributed by atoms with E-state index in [-0.39, 0.29) is 5.28 Å². The number of nitrogens with two attached hydrogens (primary N) is 1. The molecular weight excluding hydrogens is 176 g/mol. The number of hydrogen-bond acceptors (Lipinski definition) is 4. The van der Waals surface area contributed by atoms with Gasteiger partial charge in [0, 0.05) is 12.4 Å². The SMILES string of the molecule is Nc1nc(Cl)nc2ccncc12. The monoisotopic (exact) mass is 180 g/mol. The van der Waals surface area contributed by atoms with Crippen LogP contribution in [0, 0.1) is 0 Å². The van der Waals surface area contributed by atoms with E-state index in [1.165, 1.54) is 0 Å². The van der Waals surface area contributed by atoms with Gasteiger partial charge in [0.05, 0.1) is 10.9 Å². The van der Waals surface area contributed by atoms with Crippen molar-refractivity contribution in [2.24, 2.45) is 0 Å². The summed E-state index contributed by atoms with van der Waals surface area (Å²) in [5.74, 6) is 0.359. The number of anilines is 1. The number of nitrogen functional groups attached to an aromatic ring is 1. The van der Waals surface area contributed by atoms with Crippen LogP contribution in [0.2, 0.25) is 5.28 Å². The van der Waals surface area contributed by atoms with E-state index in [0.717, 1.165) is 5.39 Å². The van der Waals surface area contributed by atoms with E-state index in [2.05, 4.69) is 15.0 Å². The molecule has 0 aliphatic rings. The number of fused-ring (bicyclic) bond motifs is 1. The van der Waals surface area contributed by atoms with E-state index < -0.39 is 0 Å². The normalized spacial score (nSPS) is 10.4. The standard InChI is InChI=1S/C7H5ClN4/c8-7-11-5-1-2-10-3-4(5)6(9)12-7/h1-3H,(H2,9,11,12). The summed E-state index contributed by atoms with van der Waals surface area (Å²) in [7, 11) is 0. The summed E-state index contributed by atoms with van der Waals surface area (Å²) in [6.45, 7) is 0. The van der Waals surface area contributed by atoms with Gasteiger partial charge in [-0.2, -0.15) is 0 Å². The van der Waals surface area contributed by atoms with Gasteiger partial charge in [-0.1, -0.05) is 0 Å². The number of nitrogens with zero attached hydrogens (tertiary/aromatic N) is 3. The van der Waals surface area contributed by atoms with Crippen molar-refractivity contribution < 1.29 is 0 Å². The van der Waals surface area contributed by atoms with Gasteiger partial charge in [-0.15, -0.1) is 0 Å². The lowest BCUT2D eigenvalue weighted by atomic mass is 10.3. The van der Waals surface area contributed by atoms with E-state index >= 15 is 0 Å². The molecule has 0 bridgehead atoms. The first-order valence-electron chi connectivity index (χ1n) is 3.30. The van der Waals surface area contributed by atoms with Crippen molar-refractivity contribution in [3.05, 3.63) is 23.7 Å². The van der Waals surface area contributed by atoms with Crippen LogP contribution in [0.4, 0.5) is 5.82 Å². The van der Waals surface area contributed by atoms with E-state index in [1.54, 1.807) is 18.5 Å². The van der Waals surface area contributed by atoms with Gasteiger partial charge in [0.1, 0.15) is 5.82 Å². The molecule has 60 valence electrons. The van der Waals surface area contributed by atoms with Crippen molar-refractivity contribution in [3.63, 3.8) is 0 Å². The third kappa shape index (κ3) is 1.06. The first kappa shape index (κ1) is 7.24. The van der Waals surface area contributed by atoms with Crippen LogP contribution in [0.1, 0.15) is 0 Å². The predicted octanol–water partition coefficient (Wildman–Crippen LogP) is 1.26. The summed E-state index contributed by atoms with van der Waals surface area (Å²) in [6.07, 6.45) is 3.24. The zero-order valence-corrected chi connectivity index (χ0v) is 6.78. The Kier molecular flexibility index (Phi) is 1.55. The van der Waals surface area contributed by atoms with Crippen LogP contribution >= 0.6 is 11.6 Å². The fourth-order valence-corrected chi connectivity index (χ4v) is 1.15. The molecule has 0 aromatic carbocycles. The van der Waals surface area contributed by atoms with Crippen molar-refractivity contribution in [2.75, 3.05) is 5.73 Å². The van der Waals surface area contributed by atoms with Gasteiger partial charge < -0.3 is 5.73 Å². The van der Waals surface area contributed by atoms with Crippen LogP contribution in [0.5, 0.6) is 0 Å². The number of rotatable bonds is 0. The van der Waals surface area contributed by atoms with E-state index in [4.69, 9.17) is 17.3 Å². The largest absolute Gasteiger partial charge is 0.383 e. The summed E-state index contributed by atoms with van der Waals surface area (Å²) in [4.78, 5) is 11.7. The second-order valence-electron chi connectivity index (χ2n) is 2.27. The van der Waals surface area contributed by atoms with Gasteiger partial charge in [0.15, 0.2) is 0 Å². The molecule has 0 atom stereocenters.